The molecule has 0 heterocycles. The number of rotatable bonds is 5. The monoisotopic (exact) mass is 206 g/mol. The summed E-state index contributed by atoms with van der Waals surface area (Å²) in [6, 6.07) is 0. The molecule has 0 bridgehead atoms. The van der Waals surface area contributed by atoms with E-state index in [1.807, 2.05) is 0 Å². The molecule has 0 aromatic carbocycles. The Morgan fingerprint density at radius 3 is 2.47 bits per heavy atom. The molecule has 0 radical (unpaired) electrons. The van der Waals surface area contributed by atoms with Crippen LogP contribution in [-0.4, -0.2) is 0 Å². The van der Waals surface area contributed by atoms with Gasteiger partial charge in [0.25, 0.3) is 0 Å². The van der Waals surface area contributed by atoms with E-state index >= 15 is 0 Å². The lowest BCUT2D eigenvalue weighted by molar-refractivity contribution is 0.548. The zero-order valence-corrected chi connectivity index (χ0v) is 10.6. The molecule has 1 saturated carbocycles. The Hall–Kier alpha value is -0.520. The highest BCUT2D eigenvalue weighted by molar-refractivity contribution is 5.18. The van der Waals surface area contributed by atoms with Crippen LogP contribution in [0.25, 0.3) is 0 Å². The van der Waals surface area contributed by atoms with Crippen LogP contribution in [0.15, 0.2) is 23.8 Å². The normalized spacial score (nSPS) is 19.6. The van der Waals surface area contributed by atoms with Gasteiger partial charge in [0.15, 0.2) is 0 Å². The van der Waals surface area contributed by atoms with E-state index in [9.17, 15) is 0 Å². The van der Waals surface area contributed by atoms with Crippen molar-refractivity contribution in [3.63, 3.8) is 0 Å². The smallest absolute Gasteiger partial charge is 0.0254 e. The van der Waals surface area contributed by atoms with Gasteiger partial charge in [0.1, 0.15) is 0 Å². The van der Waals surface area contributed by atoms with Gasteiger partial charge in [-0.25, -0.2) is 0 Å². The van der Waals surface area contributed by atoms with Crippen LogP contribution in [0.5, 0.6) is 0 Å². The zero-order chi connectivity index (χ0) is 11.1. The van der Waals surface area contributed by atoms with Crippen LogP contribution in [0.3, 0.4) is 0 Å². The van der Waals surface area contributed by atoms with Gasteiger partial charge in [0, 0.05) is 0 Å². The summed E-state index contributed by atoms with van der Waals surface area (Å²) < 4.78 is 0. The quantitative estimate of drug-likeness (QED) is 0.548. The van der Waals surface area contributed by atoms with E-state index in [2.05, 4.69) is 39.0 Å². The van der Waals surface area contributed by atoms with E-state index in [0.717, 1.165) is 11.8 Å². The molecule has 0 heteroatoms. The van der Waals surface area contributed by atoms with Crippen LogP contribution in [-0.2, 0) is 0 Å². The Morgan fingerprint density at radius 1 is 1.27 bits per heavy atom. The molecule has 86 valence electrons. The van der Waals surface area contributed by atoms with Crippen LogP contribution >= 0.6 is 0 Å². The number of hydrogen-bond donors (Lipinski definition) is 0. The molecule has 0 aliphatic heterocycles. The topological polar surface area (TPSA) is 0 Å². The van der Waals surface area contributed by atoms with Crippen LogP contribution in [0.4, 0.5) is 0 Å². The largest absolute Gasteiger partial charge is 0.0844 e. The molecule has 0 unspecified atom stereocenters. The third-order valence-corrected chi connectivity index (χ3v) is 3.31. The molecule has 0 nitrogen and oxygen atoms in total. The molecular formula is C15H26. The highest BCUT2D eigenvalue weighted by Gasteiger charge is 2.15. The summed E-state index contributed by atoms with van der Waals surface area (Å²) in [5.41, 5.74) is 1.54. The fraction of sp³-hybridized carbons (Fsp3) is 0.733. The minimum atomic E-state index is 0.783. The Morgan fingerprint density at radius 2 is 1.93 bits per heavy atom. The highest BCUT2D eigenvalue weighted by Crippen LogP contribution is 2.30. The zero-order valence-electron chi connectivity index (χ0n) is 10.6. The first-order chi connectivity index (χ1) is 7.22. The molecule has 1 rings (SSSR count). The maximum Gasteiger partial charge on any atom is -0.0254 e. The van der Waals surface area contributed by atoms with Gasteiger partial charge in [0.05, 0.1) is 0 Å². The molecule has 0 amide bonds. The van der Waals surface area contributed by atoms with Crippen molar-refractivity contribution < 1.29 is 0 Å². The Kier molecular flexibility index (Phi) is 5.75. The second-order valence-electron chi connectivity index (χ2n) is 5.25. The number of hydrogen-bond acceptors (Lipinski definition) is 0. The van der Waals surface area contributed by atoms with E-state index in [4.69, 9.17) is 0 Å². The maximum atomic E-state index is 2.35. The van der Waals surface area contributed by atoms with Gasteiger partial charge in [-0.05, 0) is 31.6 Å². The predicted molar refractivity (Wildman–Crippen MR) is 68.9 cm³/mol. The molecular weight excluding hydrogens is 180 g/mol. The van der Waals surface area contributed by atoms with Crippen molar-refractivity contribution in [1.29, 1.82) is 0 Å². The molecule has 1 aliphatic carbocycles. The summed E-state index contributed by atoms with van der Waals surface area (Å²) in [5, 5.41) is 0. The third kappa shape index (κ3) is 5.20. The van der Waals surface area contributed by atoms with Gasteiger partial charge in [0.2, 0.25) is 0 Å². The van der Waals surface area contributed by atoms with E-state index in [1.54, 1.807) is 5.57 Å². The SMILES string of the molecule is C/C=C(\C=C/CC(C)C)CC1CCCC1. The second-order valence-corrected chi connectivity index (χ2v) is 5.25. The molecule has 0 saturated heterocycles. The first kappa shape index (κ1) is 12.5. The van der Waals surface area contributed by atoms with Crippen molar-refractivity contribution in [1.82, 2.24) is 0 Å². The number of allylic oxidation sites excluding steroid dienone is 4. The molecule has 0 aromatic heterocycles. The Bertz CT molecular complexity index is 214. The van der Waals surface area contributed by atoms with Gasteiger partial charge >= 0.3 is 0 Å². The highest BCUT2D eigenvalue weighted by atomic mass is 14.2. The van der Waals surface area contributed by atoms with E-state index in [-0.39, 0.29) is 0 Å². The minimum absolute atomic E-state index is 0.783. The molecule has 15 heavy (non-hydrogen) atoms. The minimum Gasteiger partial charge on any atom is -0.0844 e. The second kappa shape index (κ2) is 6.87. The summed E-state index contributed by atoms with van der Waals surface area (Å²) in [5.74, 6) is 1.76. The van der Waals surface area contributed by atoms with Gasteiger partial charge in [-0.15, -0.1) is 0 Å². The summed E-state index contributed by atoms with van der Waals surface area (Å²) in [7, 11) is 0. The molecule has 0 spiro atoms. The molecule has 0 aromatic rings. The lowest BCUT2D eigenvalue weighted by Gasteiger charge is -2.09. The van der Waals surface area contributed by atoms with Crippen molar-refractivity contribution in [3.8, 4) is 0 Å². The van der Waals surface area contributed by atoms with Crippen molar-refractivity contribution in [2.24, 2.45) is 11.8 Å². The first-order valence-electron chi connectivity index (χ1n) is 6.54. The third-order valence-electron chi connectivity index (χ3n) is 3.31. The van der Waals surface area contributed by atoms with Crippen molar-refractivity contribution >= 4 is 0 Å². The lowest BCUT2D eigenvalue weighted by Crippen LogP contribution is -1.94. The van der Waals surface area contributed by atoms with Crippen LogP contribution in [0.1, 0.15) is 59.3 Å². The summed E-state index contributed by atoms with van der Waals surface area (Å²) in [4.78, 5) is 0. The van der Waals surface area contributed by atoms with Crippen molar-refractivity contribution in [2.75, 3.05) is 0 Å². The average molecular weight is 206 g/mol. The fourth-order valence-electron chi connectivity index (χ4n) is 2.32. The standard InChI is InChI=1S/C15H26/c1-4-14(11-7-8-13(2)3)12-15-9-5-6-10-15/h4,7,11,13,15H,5-6,8-10,12H2,1-3H3/b11-7-,14-4+. The van der Waals surface area contributed by atoms with Crippen LogP contribution < -0.4 is 0 Å². The summed E-state index contributed by atoms with van der Waals surface area (Å²) >= 11 is 0. The van der Waals surface area contributed by atoms with Gasteiger partial charge in [-0.1, -0.05) is 63.3 Å². The molecule has 0 atom stereocenters. The van der Waals surface area contributed by atoms with E-state index in [1.165, 1.54) is 38.5 Å². The van der Waals surface area contributed by atoms with Crippen LogP contribution in [0.2, 0.25) is 0 Å². The molecule has 1 fully saturated rings. The first-order valence-corrected chi connectivity index (χ1v) is 6.54. The Labute approximate surface area is 95.5 Å². The van der Waals surface area contributed by atoms with Gasteiger partial charge in [-0.3, -0.25) is 0 Å². The Balaban J connectivity index is 2.32. The van der Waals surface area contributed by atoms with E-state index in [0.29, 0.717) is 0 Å². The fourth-order valence-corrected chi connectivity index (χ4v) is 2.32. The lowest BCUT2D eigenvalue weighted by atomic mass is 9.97. The predicted octanol–water partition coefficient (Wildman–Crippen LogP) is 5.12. The summed E-state index contributed by atoms with van der Waals surface area (Å²) in [6.45, 7) is 6.72. The summed E-state index contributed by atoms with van der Waals surface area (Å²) in [6.07, 6.45) is 15.3. The van der Waals surface area contributed by atoms with Gasteiger partial charge < -0.3 is 0 Å². The van der Waals surface area contributed by atoms with Gasteiger partial charge in [-0.2, -0.15) is 0 Å². The van der Waals surface area contributed by atoms with Crippen molar-refractivity contribution in [3.05, 3.63) is 23.8 Å². The van der Waals surface area contributed by atoms with Crippen LogP contribution in [0, 0.1) is 11.8 Å². The van der Waals surface area contributed by atoms with E-state index < -0.39 is 0 Å². The molecule has 1 aliphatic rings. The molecule has 0 N–H and O–H groups in total. The maximum absolute atomic E-state index is 2.35. The van der Waals surface area contributed by atoms with Crippen molar-refractivity contribution in [2.45, 2.75) is 59.3 Å². The average Bonchev–Trinajstić information content (AvgIpc) is 2.68.